The van der Waals surface area contributed by atoms with Crippen molar-refractivity contribution in [3.63, 3.8) is 0 Å². The van der Waals surface area contributed by atoms with Crippen molar-refractivity contribution in [2.45, 2.75) is 26.6 Å². The highest BCUT2D eigenvalue weighted by molar-refractivity contribution is 5.89. The van der Waals surface area contributed by atoms with Gasteiger partial charge in [0.15, 0.2) is 5.65 Å². The fourth-order valence-corrected chi connectivity index (χ4v) is 2.89. The molecule has 0 aliphatic rings. The van der Waals surface area contributed by atoms with E-state index in [9.17, 15) is 18.0 Å². The number of nitrogens with zero attached hydrogens (tertiary/aromatic N) is 3. The van der Waals surface area contributed by atoms with Crippen LogP contribution in [0.1, 0.15) is 17.0 Å². The molecule has 2 heterocycles. The summed E-state index contributed by atoms with van der Waals surface area (Å²) in [5.41, 5.74) is 2.90. The third-order valence-corrected chi connectivity index (χ3v) is 3.86. The molecule has 9 heteroatoms. The number of aromatic nitrogens is 3. The average Bonchev–Trinajstić information content (AvgIpc) is 2.93. The Bertz CT molecular complexity index is 961. The number of pyridine rings is 1. The molecule has 3 rings (SSSR count). The third-order valence-electron chi connectivity index (χ3n) is 3.86. The summed E-state index contributed by atoms with van der Waals surface area (Å²) in [7, 11) is 0. The zero-order chi connectivity index (χ0) is 19.6. The number of carbonyl (C=O) groups is 1. The molecule has 0 saturated carbocycles. The number of hydrogen-bond acceptors (Lipinski definition) is 3. The highest BCUT2D eigenvalue weighted by Gasteiger charge is 2.37. The lowest BCUT2D eigenvalue weighted by Gasteiger charge is -2.12. The Hall–Kier alpha value is -3.10. The van der Waals surface area contributed by atoms with Crippen LogP contribution in [0.15, 0.2) is 36.5 Å². The number of anilines is 1. The summed E-state index contributed by atoms with van der Waals surface area (Å²) >= 11 is 0. The Morgan fingerprint density at radius 2 is 1.89 bits per heavy atom. The molecule has 0 aliphatic carbocycles. The molecule has 0 aliphatic heterocycles. The average molecular weight is 377 g/mol. The van der Waals surface area contributed by atoms with Crippen molar-refractivity contribution in [3.05, 3.63) is 53.5 Å². The summed E-state index contributed by atoms with van der Waals surface area (Å²) in [6.07, 6.45) is -3.21. The van der Waals surface area contributed by atoms with E-state index in [1.165, 1.54) is 18.3 Å². The van der Waals surface area contributed by atoms with Crippen LogP contribution in [0.25, 0.3) is 11.2 Å². The van der Waals surface area contributed by atoms with Gasteiger partial charge in [-0.25, -0.2) is 14.8 Å². The first-order chi connectivity index (χ1) is 12.7. The molecule has 0 radical (unpaired) electrons. The lowest BCUT2D eigenvalue weighted by atomic mass is 10.1. The van der Waals surface area contributed by atoms with E-state index in [0.717, 1.165) is 15.7 Å². The molecule has 2 N–H and O–H groups in total. The third kappa shape index (κ3) is 4.36. The molecule has 3 aromatic rings. The molecule has 0 saturated heterocycles. The van der Waals surface area contributed by atoms with E-state index in [-0.39, 0.29) is 24.3 Å². The van der Waals surface area contributed by atoms with E-state index in [4.69, 9.17) is 0 Å². The molecule has 0 fully saturated rings. The molecule has 2 aromatic heterocycles. The fraction of sp³-hybridized carbons (Fsp3) is 0.278. The maximum atomic E-state index is 13.2. The summed E-state index contributed by atoms with van der Waals surface area (Å²) in [6, 6.07) is 8.08. The minimum atomic E-state index is -4.61. The zero-order valence-electron chi connectivity index (χ0n) is 14.8. The minimum Gasteiger partial charge on any atom is -0.336 e. The number of halogens is 3. The molecule has 0 spiro atoms. The van der Waals surface area contributed by atoms with Crippen LogP contribution in [-0.4, -0.2) is 27.1 Å². The van der Waals surface area contributed by atoms with Gasteiger partial charge in [0.05, 0.1) is 0 Å². The van der Waals surface area contributed by atoms with Gasteiger partial charge in [0, 0.05) is 25.0 Å². The van der Waals surface area contributed by atoms with Gasteiger partial charge in [-0.2, -0.15) is 13.2 Å². The van der Waals surface area contributed by atoms with Crippen LogP contribution in [0, 0.1) is 13.8 Å². The van der Waals surface area contributed by atoms with E-state index >= 15 is 0 Å². The first-order valence-electron chi connectivity index (χ1n) is 8.25. The van der Waals surface area contributed by atoms with Crippen molar-refractivity contribution in [1.29, 1.82) is 0 Å². The Morgan fingerprint density at radius 1 is 1.19 bits per heavy atom. The second-order valence-corrected chi connectivity index (χ2v) is 6.19. The van der Waals surface area contributed by atoms with Gasteiger partial charge in [0.2, 0.25) is 5.82 Å². The van der Waals surface area contributed by atoms with Crippen molar-refractivity contribution < 1.29 is 18.0 Å². The maximum absolute atomic E-state index is 13.2. The number of nitrogens with one attached hydrogen (secondary N) is 2. The second kappa shape index (κ2) is 7.26. The summed E-state index contributed by atoms with van der Waals surface area (Å²) < 4.78 is 40.6. The molecule has 6 nitrogen and oxygen atoms in total. The Balaban J connectivity index is 1.69. The van der Waals surface area contributed by atoms with E-state index in [1.54, 1.807) is 0 Å². The highest BCUT2D eigenvalue weighted by atomic mass is 19.4. The normalized spacial score (nSPS) is 11.6. The second-order valence-electron chi connectivity index (χ2n) is 6.19. The molecule has 0 atom stereocenters. The van der Waals surface area contributed by atoms with Gasteiger partial charge in [-0.05, 0) is 49.2 Å². The molecule has 1 aromatic carbocycles. The number of rotatable bonds is 4. The number of fused-ring (bicyclic) bond motifs is 1. The molecule has 0 unspecified atom stereocenters. The molecule has 27 heavy (non-hydrogen) atoms. The number of urea groups is 1. The van der Waals surface area contributed by atoms with Crippen molar-refractivity contribution in [2.24, 2.45) is 0 Å². The first kappa shape index (κ1) is 18.7. The van der Waals surface area contributed by atoms with Gasteiger partial charge in [0.1, 0.15) is 5.52 Å². The number of aryl methyl sites for hydroxylation is 2. The smallest absolute Gasteiger partial charge is 0.336 e. The van der Waals surface area contributed by atoms with Crippen LogP contribution in [-0.2, 0) is 12.7 Å². The predicted molar refractivity (Wildman–Crippen MR) is 95.5 cm³/mol. The predicted octanol–water partition coefficient (Wildman–Crippen LogP) is 3.89. The van der Waals surface area contributed by atoms with Crippen molar-refractivity contribution >= 4 is 22.9 Å². The summed E-state index contributed by atoms with van der Waals surface area (Å²) in [4.78, 5) is 19.6. The molecule has 0 bridgehead atoms. The van der Waals surface area contributed by atoms with Crippen molar-refractivity contribution in [1.82, 2.24) is 19.9 Å². The Labute approximate surface area is 153 Å². The number of imidazole rings is 1. The van der Waals surface area contributed by atoms with Crippen LogP contribution in [0.3, 0.4) is 0 Å². The zero-order valence-corrected chi connectivity index (χ0v) is 14.8. The van der Waals surface area contributed by atoms with E-state index < -0.39 is 18.0 Å². The van der Waals surface area contributed by atoms with E-state index in [1.807, 2.05) is 32.0 Å². The van der Waals surface area contributed by atoms with Gasteiger partial charge in [-0.3, -0.25) is 0 Å². The van der Waals surface area contributed by atoms with Gasteiger partial charge in [0.25, 0.3) is 0 Å². The minimum absolute atomic E-state index is 0.0122. The largest absolute Gasteiger partial charge is 0.449 e. The first-order valence-corrected chi connectivity index (χ1v) is 8.25. The van der Waals surface area contributed by atoms with Crippen LogP contribution < -0.4 is 10.6 Å². The van der Waals surface area contributed by atoms with Crippen LogP contribution >= 0.6 is 0 Å². The SMILES string of the molecule is Cc1cc(C)cc(NC(=O)NCCn2c(C(F)(F)F)nc3cccnc32)c1. The van der Waals surface area contributed by atoms with Gasteiger partial charge < -0.3 is 15.2 Å². The van der Waals surface area contributed by atoms with Crippen LogP contribution in [0.5, 0.6) is 0 Å². The van der Waals surface area contributed by atoms with Crippen LogP contribution in [0.4, 0.5) is 23.7 Å². The quantitative estimate of drug-likeness (QED) is 0.725. The lowest BCUT2D eigenvalue weighted by molar-refractivity contribution is -0.146. The number of hydrogen-bond donors (Lipinski definition) is 2. The van der Waals surface area contributed by atoms with E-state index in [0.29, 0.717) is 5.69 Å². The number of amides is 2. The molecular formula is C18H18F3N5O. The number of benzene rings is 1. The van der Waals surface area contributed by atoms with Gasteiger partial charge in [-0.15, -0.1) is 0 Å². The van der Waals surface area contributed by atoms with Crippen molar-refractivity contribution in [3.8, 4) is 0 Å². The number of carbonyl (C=O) groups excluding carboxylic acids is 1. The number of alkyl halides is 3. The summed E-state index contributed by atoms with van der Waals surface area (Å²) in [6.45, 7) is 3.70. The monoisotopic (exact) mass is 377 g/mol. The van der Waals surface area contributed by atoms with Gasteiger partial charge >= 0.3 is 12.2 Å². The standard InChI is InChI=1S/C18H18F3N5O/c1-11-8-12(2)10-13(9-11)24-17(27)23-6-7-26-15-14(4-3-5-22-15)25-16(26)18(19,20)21/h3-5,8-10H,6-7H2,1-2H3,(H2,23,24,27). The van der Waals surface area contributed by atoms with Crippen molar-refractivity contribution in [2.75, 3.05) is 11.9 Å². The Kier molecular flexibility index (Phi) is 5.02. The highest BCUT2D eigenvalue weighted by Crippen LogP contribution is 2.30. The van der Waals surface area contributed by atoms with Crippen LogP contribution in [0.2, 0.25) is 0 Å². The molecular weight excluding hydrogens is 359 g/mol. The summed E-state index contributed by atoms with van der Waals surface area (Å²) in [5.74, 6) is -1.03. The Morgan fingerprint density at radius 3 is 2.56 bits per heavy atom. The van der Waals surface area contributed by atoms with E-state index in [2.05, 4.69) is 20.6 Å². The summed E-state index contributed by atoms with van der Waals surface area (Å²) in [5, 5.41) is 5.23. The topological polar surface area (TPSA) is 71.8 Å². The lowest BCUT2D eigenvalue weighted by Crippen LogP contribution is -2.32. The molecule has 2 amide bonds. The molecule has 142 valence electrons. The van der Waals surface area contributed by atoms with Gasteiger partial charge in [-0.1, -0.05) is 6.07 Å². The fourth-order valence-electron chi connectivity index (χ4n) is 2.89. The maximum Gasteiger partial charge on any atom is 0.449 e.